The molecule has 2 aromatic carbocycles. The van der Waals surface area contributed by atoms with Crippen LogP contribution in [0.4, 0.5) is 0 Å². The van der Waals surface area contributed by atoms with Gasteiger partial charge in [-0.15, -0.1) is 0 Å². The number of amides is 1. The highest BCUT2D eigenvalue weighted by molar-refractivity contribution is 7.89. The van der Waals surface area contributed by atoms with Crippen LogP contribution in [0.15, 0.2) is 53.4 Å². The Kier molecular flexibility index (Phi) is 6.51. The number of rotatable bonds is 5. The van der Waals surface area contributed by atoms with Gasteiger partial charge in [0.1, 0.15) is 0 Å². The fourth-order valence-corrected chi connectivity index (χ4v) is 6.47. The predicted octanol–water partition coefficient (Wildman–Crippen LogP) is 2.37. The van der Waals surface area contributed by atoms with Crippen LogP contribution in [0.25, 0.3) is 0 Å². The molecule has 7 nitrogen and oxygen atoms in total. The molecule has 2 saturated heterocycles. The Morgan fingerprint density at radius 2 is 1.76 bits per heavy atom. The summed E-state index contributed by atoms with van der Waals surface area (Å²) in [7, 11) is -3.67. The third-order valence-electron chi connectivity index (χ3n) is 6.96. The van der Waals surface area contributed by atoms with E-state index in [1.54, 1.807) is 18.2 Å². The summed E-state index contributed by atoms with van der Waals surface area (Å²) < 4.78 is 33.9. The quantitative estimate of drug-likeness (QED) is 0.673. The van der Waals surface area contributed by atoms with Crippen molar-refractivity contribution >= 4 is 15.9 Å². The molecule has 0 aromatic heterocycles. The molecule has 1 unspecified atom stereocenters. The van der Waals surface area contributed by atoms with Crippen LogP contribution in [-0.2, 0) is 27.7 Å². The first-order valence-corrected chi connectivity index (χ1v) is 13.2. The van der Waals surface area contributed by atoms with Gasteiger partial charge in [-0.2, -0.15) is 4.31 Å². The summed E-state index contributed by atoms with van der Waals surface area (Å²) in [4.78, 5) is 17.5. The monoisotopic (exact) mass is 469 g/mol. The Hall–Kier alpha value is -2.26. The number of carbonyl (C=O) groups excluding carboxylic acids is 1. The molecule has 1 atom stereocenters. The van der Waals surface area contributed by atoms with Gasteiger partial charge in [-0.25, -0.2) is 8.42 Å². The van der Waals surface area contributed by atoms with Gasteiger partial charge in [-0.05, 0) is 48.6 Å². The molecule has 0 N–H and O–H groups in total. The molecule has 0 spiro atoms. The van der Waals surface area contributed by atoms with Crippen molar-refractivity contribution < 1.29 is 17.9 Å². The maximum atomic E-state index is 13.3. The SMILES string of the molecule is O=C(c1cccc(S(=O)(=O)N2CCc3ccccc3C2)c1)N1CCN(CC2CCCO2)CC1. The van der Waals surface area contributed by atoms with E-state index in [1.165, 1.54) is 15.9 Å². The Labute approximate surface area is 196 Å². The first-order valence-electron chi connectivity index (χ1n) is 11.8. The maximum absolute atomic E-state index is 13.3. The van der Waals surface area contributed by atoms with E-state index < -0.39 is 10.0 Å². The van der Waals surface area contributed by atoms with Crippen LogP contribution in [0, 0.1) is 0 Å². The fraction of sp³-hybridized carbons (Fsp3) is 0.480. The lowest BCUT2D eigenvalue weighted by Crippen LogP contribution is -2.50. The highest BCUT2D eigenvalue weighted by Crippen LogP contribution is 2.26. The lowest BCUT2D eigenvalue weighted by Gasteiger charge is -2.35. The zero-order valence-electron chi connectivity index (χ0n) is 18.9. The molecule has 3 aliphatic rings. The van der Waals surface area contributed by atoms with Crippen LogP contribution in [0.5, 0.6) is 0 Å². The van der Waals surface area contributed by atoms with Crippen molar-refractivity contribution in [2.24, 2.45) is 0 Å². The van der Waals surface area contributed by atoms with E-state index in [-0.39, 0.29) is 10.8 Å². The summed E-state index contributed by atoms with van der Waals surface area (Å²) in [6.45, 7) is 5.51. The van der Waals surface area contributed by atoms with Gasteiger partial charge in [0.2, 0.25) is 10.0 Å². The molecule has 0 saturated carbocycles. The molecule has 0 bridgehead atoms. The smallest absolute Gasteiger partial charge is 0.253 e. The topological polar surface area (TPSA) is 70.2 Å². The molecule has 1 amide bonds. The number of sulfonamides is 1. The number of ether oxygens (including phenoxy) is 1. The second-order valence-corrected chi connectivity index (χ2v) is 11.1. The minimum absolute atomic E-state index is 0.104. The summed E-state index contributed by atoms with van der Waals surface area (Å²) in [6, 6.07) is 14.5. The van der Waals surface area contributed by atoms with Gasteiger partial charge >= 0.3 is 0 Å². The summed E-state index contributed by atoms with van der Waals surface area (Å²) in [5, 5.41) is 0. The van der Waals surface area contributed by atoms with Crippen molar-refractivity contribution in [2.45, 2.75) is 36.8 Å². The van der Waals surface area contributed by atoms with Crippen LogP contribution < -0.4 is 0 Å². The zero-order chi connectivity index (χ0) is 22.8. The first-order chi connectivity index (χ1) is 16.0. The molecule has 3 heterocycles. The fourth-order valence-electron chi connectivity index (χ4n) is 5.01. The molecule has 176 valence electrons. The molecular weight excluding hydrogens is 438 g/mol. The molecule has 5 rings (SSSR count). The van der Waals surface area contributed by atoms with E-state index in [1.807, 2.05) is 23.1 Å². The number of nitrogens with zero attached hydrogens (tertiary/aromatic N) is 3. The second kappa shape index (κ2) is 9.54. The number of carbonyl (C=O) groups is 1. The van der Waals surface area contributed by atoms with E-state index in [9.17, 15) is 13.2 Å². The first kappa shape index (κ1) is 22.5. The molecule has 33 heavy (non-hydrogen) atoms. The van der Waals surface area contributed by atoms with Crippen LogP contribution in [-0.4, -0.2) is 80.4 Å². The van der Waals surface area contributed by atoms with Crippen molar-refractivity contribution in [3.63, 3.8) is 0 Å². The Balaban J connectivity index is 1.25. The average Bonchev–Trinajstić information content (AvgIpc) is 3.37. The molecule has 0 aliphatic carbocycles. The van der Waals surface area contributed by atoms with Gasteiger partial charge in [-0.3, -0.25) is 9.69 Å². The molecule has 2 aromatic rings. The van der Waals surface area contributed by atoms with E-state index in [0.29, 0.717) is 44.3 Å². The van der Waals surface area contributed by atoms with Crippen LogP contribution in [0.2, 0.25) is 0 Å². The zero-order valence-corrected chi connectivity index (χ0v) is 19.7. The highest BCUT2D eigenvalue weighted by atomic mass is 32.2. The third kappa shape index (κ3) is 4.84. The summed E-state index contributed by atoms with van der Waals surface area (Å²) in [5.74, 6) is -0.104. The number of fused-ring (bicyclic) bond motifs is 1. The van der Waals surface area contributed by atoms with Gasteiger partial charge in [-0.1, -0.05) is 30.3 Å². The van der Waals surface area contributed by atoms with Crippen molar-refractivity contribution in [3.8, 4) is 0 Å². The minimum atomic E-state index is -3.67. The number of benzene rings is 2. The molecule has 3 aliphatic heterocycles. The average molecular weight is 470 g/mol. The summed E-state index contributed by atoms with van der Waals surface area (Å²) in [6.07, 6.45) is 3.26. The lowest BCUT2D eigenvalue weighted by molar-refractivity contribution is 0.0432. The van der Waals surface area contributed by atoms with Gasteiger partial charge in [0.25, 0.3) is 5.91 Å². The molecule has 8 heteroatoms. The normalized spacial score (nSPS) is 22.3. The van der Waals surface area contributed by atoms with Gasteiger partial charge < -0.3 is 9.64 Å². The van der Waals surface area contributed by atoms with Gasteiger partial charge in [0, 0.05) is 58.0 Å². The van der Waals surface area contributed by atoms with Crippen molar-refractivity contribution in [1.82, 2.24) is 14.1 Å². The number of hydrogen-bond donors (Lipinski definition) is 0. The van der Waals surface area contributed by atoms with E-state index in [0.717, 1.165) is 44.6 Å². The van der Waals surface area contributed by atoms with Crippen molar-refractivity contribution in [3.05, 3.63) is 65.2 Å². The standard InChI is InChI=1S/C25H31N3O4S/c29-25(27-14-12-26(13-15-27)19-23-8-4-16-32-23)21-7-3-9-24(17-21)33(30,31)28-11-10-20-5-1-2-6-22(20)18-28/h1-3,5-7,9,17,23H,4,8,10-16,18-19H2. The number of piperazine rings is 1. The summed E-state index contributed by atoms with van der Waals surface area (Å²) in [5.41, 5.74) is 2.67. The molecule has 0 radical (unpaired) electrons. The minimum Gasteiger partial charge on any atom is -0.377 e. The molecule has 2 fully saturated rings. The van der Waals surface area contributed by atoms with Crippen LogP contribution >= 0.6 is 0 Å². The van der Waals surface area contributed by atoms with E-state index in [2.05, 4.69) is 11.0 Å². The van der Waals surface area contributed by atoms with Gasteiger partial charge in [0.05, 0.1) is 11.0 Å². The van der Waals surface area contributed by atoms with Crippen molar-refractivity contribution in [1.29, 1.82) is 0 Å². The summed E-state index contributed by atoms with van der Waals surface area (Å²) >= 11 is 0. The Morgan fingerprint density at radius 3 is 2.52 bits per heavy atom. The lowest BCUT2D eigenvalue weighted by atomic mass is 10.0. The van der Waals surface area contributed by atoms with Crippen LogP contribution in [0.1, 0.15) is 34.3 Å². The second-order valence-electron chi connectivity index (χ2n) is 9.11. The molecular formula is C25H31N3O4S. The predicted molar refractivity (Wildman–Crippen MR) is 126 cm³/mol. The number of hydrogen-bond acceptors (Lipinski definition) is 5. The Morgan fingerprint density at radius 1 is 0.970 bits per heavy atom. The largest absolute Gasteiger partial charge is 0.377 e. The maximum Gasteiger partial charge on any atom is 0.253 e. The van der Waals surface area contributed by atoms with Crippen LogP contribution in [0.3, 0.4) is 0 Å². The third-order valence-corrected chi connectivity index (χ3v) is 8.80. The van der Waals surface area contributed by atoms with Crippen molar-refractivity contribution in [2.75, 3.05) is 45.9 Å². The van der Waals surface area contributed by atoms with Gasteiger partial charge in [0.15, 0.2) is 0 Å². The van der Waals surface area contributed by atoms with E-state index in [4.69, 9.17) is 4.74 Å². The highest BCUT2D eigenvalue weighted by Gasteiger charge is 2.30. The Bertz CT molecular complexity index is 1110. The van der Waals surface area contributed by atoms with E-state index >= 15 is 0 Å².